The van der Waals surface area contributed by atoms with Gasteiger partial charge in [-0.3, -0.25) is 4.79 Å². The van der Waals surface area contributed by atoms with Crippen LogP contribution in [0.15, 0.2) is 42.5 Å². The first-order chi connectivity index (χ1) is 19.3. The number of β-amino-alcohol motifs (C(OH)–C–C–N with tert-alkyl or cyclic N) is 1. The number of nitrogens with zero attached hydrogens (tertiary/aromatic N) is 1. The highest BCUT2D eigenvalue weighted by atomic mass is 16.5. The van der Waals surface area contributed by atoms with E-state index in [1.165, 1.54) is 36.8 Å². The monoisotopic (exact) mass is 548 g/mol. The van der Waals surface area contributed by atoms with Crippen molar-refractivity contribution in [1.29, 1.82) is 5.26 Å². The molecule has 2 aromatic carbocycles. The molecule has 0 saturated heterocycles. The van der Waals surface area contributed by atoms with Crippen LogP contribution in [-0.4, -0.2) is 42.5 Å². The Morgan fingerprint density at radius 2 is 1.80 bits per heavy atom. The van der Waals surface area contributed by atoms with Crippen LogP contribution in [-0.2, 0) is 28.8 Å². The predicted molar refractivity (Wildman–Crippen MR) is 159 cm³/mol. The van der Waals surface area contributed by atoms with E-state index in [0.717, 1.165) is 37.7 Å². The lowest BCUT2D eigenvalue weighted by atomic mass is 9.88. The van der Waals surface area contributed by atoms with Crippen molar-refractivity contribution in [2.24, 2.45) is 5.92 Å². The molecule has 2 aromatic rings. The highest BCUT2D eigenvalue weighted by Crippen LogP contribution is 2.32. The Kier molecular flexibility index (Phi) is 13.0. The van der Waals surface area contributed by atoms with Gasteiger partial charge in [0.25, 0.3) is 0 Å². The van der Waals surface area contributed by atoms with E-state index in [-0.39, 0.29) is 24.5 Å². The molecule has 2 N–H and O–H groups in total. The standard InChI is InChI=1S/C34H48N2O4/c1-4-5-6-7-8-11-18-39-33(38)17-15-26-14-16-30(23-35)32(21-26)40-25-31(37)24-36-34(2,3)22-27-19-28-12-9-10-13-29(28)20-27/h9-10,12-14,16,21,27,31,36-37H,4-8,11,15,17-20,22,24-25H2,1-3H3/t31-/m0/s1. The summed E-state index contributed by atoms with van der Waals surface area (Å²) in [6, 6.07) is 16.2. The summed E-state index contributed by atoms with van der Waals surface area (Å²) in [6.07, 6.45) is 10.3. The summed E-state index contributed by atoms with van der Waals surface area (Å²) in [7, 11) is 0. The number of aliphatic hydroxyl groups is 1. The number of nitrogens with one attached hydrogen (secondary N) is 1. The van der Waals surface area contributed by atoms with Gasteiger partial charge in [0, 0.05) is 18.5 Å². The van der Waals surface area contributed by atoms with E-state index >= 15 is 0 Å². The number of esters is 1. The van der Waals surface area contributed by atoms with E-state index in [1.807, 2.05) is 6.07 Å². The minimum atomic E-state index is -0.716. The predicted octanol–water partition coefficient (Wildman–Crippen LogP) is 6.31. The number of hydrogen-bond donors (Lipinski definition) is 2. The van der Waals surface area contributed by atoms with Gasteiger partial charge < -0.3 is 19.9 Å². The second kappa shape index (κ2) is 16.4. The third kappa shape index (κ3) is 10.9. The summed E-state index contributed by atoms with van der Waals surface area (Å²) in [4.78, 5) is 12.1. The normalized spacial score (nSPS) is 14.0. The van der Waals surface area contributed by atoms with Crippen molar-refractivity contribution >= 4 is 5.97 Å². The minimum absolute atomic E-state index is 0.0797. The Balaban J connectivity index is 1.38. The summed E-state index contributed by atoms with van der Waals surface area (Å²) in [5, 5.41) is 23.6. The molecule has 40 heavy (non-hydrogen) atoms. The van der Waals surface area contributed by atoms with E-state index in [4.69, 9.17) is 9.47 Å². The molecule has 0 radical (unpaired) electrons. The molecule has 0 amide bonds. The number of hydrogen-bond acceptors (Lipinski definition) is 6. The van der Waals surface area contributed by atoms with Crippen molar-refractivity contribution in [3.63, 3.8) is 0 Å². The second-order valence-electron chi connectivity index (χ2n) is 11.9. The van der Waals surface area contributed by atoms with Gasteiger partial charge in [-0.1, -0.05) is 69.4 Å². The van der Waals surface area contributed by atoms with Crippen LogP contribution >= 0.6 is 0 Å². The summed E-state index contributed by atoms with van der Waals surface area (Å²) in [5.41, 5.74) is 4.11. The number of ether oxygens (including phenoxy) is 2. The number of fused-ring (bicyclic) bond motifs is 1. The number of nitriles is 1. The largest absolute Gasteiger partial charge is 0.489 e. The fourth-order valence-corrected chi connectivity index (χ4v) is 5.55. The lowest BCUT2D eigenvalue weighted by Gasteiger charge is -2.30. The Hall–Kier alpha value is -2.88. The lowest BCUT2D eigenvalue weighted by Crippen LogP contribution is -2.46. The first kappa shape index (κ1) is 31.6. The van der Waals surface area contributed by atoms with Crippen molar-refractivity contribution in [1.82, 2.24) is 5.32 Å². The molecule has 0 heterocycles. The average molecular weight is 549 g/mol. The number of carbonyl (C=O) groups excluding carboxylic acids is 1. The van der Waals surface area contributed by atoms with Gasteiger partial charge in [0.15, 0.2) is 0 Å². The zero-order chi connectivity index (χ0) is 28.8. The van der Waals surface area contributed by atoms with E-state index in [9.17, 15) is 15.2 Å². The highest BCUT2D eigenvalue weighted by Gasteiger charge is 2.28. The van der Waals surface area contributed by atoms with Gasteiger partial charge in [0.1, 0.15) is 24.5 Å². The molecule has 1 aliphatic rings. The van der Waals surface area contributed by atoms with E-state index < -0.39 is 6.10 Å². The van der Waals surface area contributed by atoms with Gasteiger partial charge in [0.2, 0.25) is 0 Å². The quantitative estimate of drug-likeness (QED) is 0.168. The minimum Gasteiger partial charge on any atom is -0.489 e. The Bertz CT molecular complexity index is 1080. The fraction of sp³-hybridized carbons (Fsp3) is 0.588. The summed E-state index contributed by atoms with van der Waals surface area (Å²) >= 11 is 0. The zero-order valence-corrected chi connectivity index (χ0v) is 24.7. The van der Waals surface area contributed by atoms with Crippen molar-refractivity contribution < 1.29 is 19.4 Å². The summed E-state index contributed by atoms with van der Waals surface area (Å²) in [5.74, 6) is 0.829. The third-order valence-corrected chi connectivity index (χ3v) is 7.73. The van der Waals surface area contributed by atoms with Gasteiger partial charge in [-0.05, 0) is 80.7 Å². The maximum Gasteiger partial charge on any atom is 0.306 e. The molecule has 6 nitrogen and oxygen atoms in total. The van der Waals surface area contributed by atoms with Crippen LogP contribution in [0.5, 0.6) is 5.75 Å². The van der Waals surface area contributed by atoms with Gasteiger partial charge in [0.05, 0.1) is 12.2 Å². The fourth-order valence-electron chi connectivity index (χ4n) is 5.55. The summed E-state index contributed by atoms with van der Waals surface area (Å²) < 4.78 is 11.2. The SMILES string of the molecule is CCCCCCCCOC(=O)CCc1ccc(C#N)c(OC[C@@H](O)CNC(C)(C)CC2Cc3ccccc3C2)c1. The molecular weight excluding hydrogens is 500 g/mol. The van der Waals surface area contributed by atoms with Crippen LogP contribution in [0, 0.1) is 17.2 Å². The number of aliphatic hydroxyl groups excluding tert-OH is 1. The Morgan fingerprint density at radius 3 is 2.50 bits per heavy atom. The molecule has 218 valence electrons. The van der Waals surface area contributed by atoms with Crippen molar-refractivity contribution in [3.05, 3.63) is 64.7 Å². The molecule has 0 saturated carbocycles. The zero-order valence-electron chi connectivity index (χ0n) is 24.7. The second-order valence-corrected chi connectivity index (χ2v) is 11.9. The van der Waals surface area contributed by atoms with Crippen LogP contribution in [0.3, 0.4) is 0 Å². The third-order valence-electron chi connectivity index (χ3n) is 7.73. The number of aryl methyl sites for hydroxylation is 1. The van der Waals surface area contributed by atoms with Crippen LogP contribution in [0.2, 0.25) is 0 Å². The van der Waals surface area contributed by atoms with Crippen LogP contribution in [0.25, 0.3) is 0 Å². The molecule has 0 unspecified atom stereocenters. The number of rotatable bonds is 18. The molecular formula is C34H48N2O4. The number of unbranched alkanes of at least 4 members (excludes halogenated alkanes) is 5. The highest BCUT2D eigenvalue weighted by molar-refractivity contribution is 5.69. The van der Waals surface area contributed by atoms with Crippen molar-refractivity contribution in [3.8, 4) is 11.8 Å². The van der Waals surface area contributed by atoms with Crippen molar-refractivity contribution in [2.75, 3.05) is 19.8 Å². The molecule has 1 atom stereocenters. The van der Waals surface area contributed by atoms with Gasteiger partial charge in [-0.2, -0.15) is 5.26 Å². The molecule has 0 spiro atoms. The smallest absolute Gasteiger partial charge is 0.306 e. The van der Waals surface area contributed by atoms with E-state index in [1.54, 1.807) is 12.1 Å². The maximum absolute atomic E-state index is 12.1. The lowest BCUT2D eigenvalue weighted by molar-refractivity contribution is -0.143. The van der Waals surface area contributed by atoms with E-state index in [0.29, 0.717) is 36.8 Å². The number of carbonyl (C=O) groups is 1. The van der Waals surface area contributed by atoms with Gasteiger partial charge in [-0.15, -0.1) is 0 Å². The molecule has 0 aromatic heterocycles. The molecule has 6 heteroatoms. The first-order valence-electron chi connectivity index (χ1n) is 15.1. The topological polar surface area (TPSA) is 91.6 Å². The number of benzene rings is 2. The van der Waals surface area contributed by atoms with Crippen molar-refractivity contribution in [2.45, 2.75) is 103 Å². The molecule has 0 bridgehead atoms. The molecule has 0 fully saturated rings. The first-order valence-corrected chi connectivity index (χ1v) is 15.1. The van der Waals surface area contributed by atoms with Crippen LogP contribution in [0.1, 0.15) is 94.4 Å². The maximum atomic E-state index is 12.1. The summed E-state index contributed by atoms with van der Waals surface area (Å²) in [6.45, 7) is 7.52. The van der Waals surface area contributed by atoms with Gasteiger partial charge in [-0.25, -0.2) is 0 Å². The molecule has 1 aliphatic carbocycles. The molecule has 3 rings (SSSR count). The van der Waals surface area contributed by atoms with Crippen LogP contribution in [0.4, 0.5) is 0 Å². The van der Waals surface area contributed by atoms with Gasteiger partial charge >= 0.3 is 5.97 Å². The van der Waals surface area contributed by atoms with E-state index in [2.05, 4.69) is 56.4 Å². The van der Waals surface area contributed by atoms with Crippen LogP contribution < -0.4 is 10.1 Å². The average Bonchev–Trinajstić information content (AvgIpc) is 3.35. The molecule has 0 aliphatic heterocycles. The Labute approximate surface area is 241 Å². The Morgan fingerprint density at radius 1 is 1.10 bits per heavy atom.